The van der Waals surface area contributed by atoms with Gasteiger partial charge in [0.2, 0.25) is 0 Å². The molecule has 0 spiro atoms. The van der Waals surface area contributed by atoms with Crippen molar-refractivity contribution in [2.75, 3.05) is 0 Å². The van der Waals surface area contributed by atoms with Crippen LogP contribution in [0.3, 0.4) is 0 Å². The Morgan fingerprint density at radius 2 is 1.68 bits per heavy atom. The van der Waals surface area contributed by atoms with Crippen LogP contribution in [0, 0.1) is 0 Å². The first-order valence-corrected chi connectivity index (χ1v) is 5.92. The fourth-order valence-electron chi connectivity index (χ4n) is 2.36. The predicted molar refractivity (Wildman–Crippen MR) is 66.4 cm³/mol. The van der Waals surface area contributed by atoms with Crippen LogP contribution >= 0.6 is 0 Å². The predicted octanol–water partition coefficient (Wildman–Crippen LogP) is 1.17. The number of nitrogens with zero attached hydrogens (tertiary/aromatic N) is 4. The van der Waals surface area contributed by atoms with Gasteiger partial charge in [-0.05, 0) is 19.1 Å². The highest BCUT2D eigenvalue weighted by atomic mass is 16.2. The first-order chi connectivity index (χ1) is 9.11. The Hall–Kier alpha value is -2.50. The molecule has 1 aromatic heterocycles. The molecule has 6 heteroatoms. The molecule has 0 unspecified atom stereocenters. The quantitative estimate of drug-likeness (QED) is 0.756. The van der Waals surface area contributed by atoms with E-state index in [1.54, 1.807) is 42.9 Å². The number of benzene rings is 1. The molecule has 3 rings (SSSR count). The lowest BCUT2D eigenvalue weighted by molar-refractivity contribution is 0.0586. The SMILES string of the molecule is C[C@@H](c1ncnn1C)N1C(=O)c2ccccc2C1=O. The van der Waals surface area contributed by atoms with Crippen molar-refractivity contribution >= 4 is 11.8 Å². The van der Waals surface area contributed by atoms with Crippen LogP contribution in [0.4, 0.5) is 0 Å². The van der Waals surface area contributed by atoms with Crippen LogP contribution in [-0.4, -0.2) is 31.5 Å². The number of hydrogen-bond acceptors (Lipinski definition) is 4. The molecule has 1 atom stereocenters. The van der Waals surface area contributed by atoms with Crippen LogP contribution in [-0.2, 0) is 7.05 Å². The van der Waals surface area contributed by atoms with Gasteiger partial charge in [0, 0.05) is 7.05 Å². The molecule has 1 aromatic carbocycles. The molecule has 6 nitrogen and oxygen atoms in total. The summed E-state index contributed by atoms with van der Waals surface area (Å²) in [7, 11) is 1.73. The monoisotopic (exact) mass is 256 g/mol. The molecular weight excluding hydrogens is 244 g/mol. The minimum atomic E-state index is -0.445. The summed E-state index contributed by atoms with van der Waals surface area (Å²) in [6, 6.07) is 6.39. The van der Waals surface area contributed by atoms with Crippen molar-refractivity contribution in [3.8, 4) is 0 Å². The second-order valence-corrected chi connectivity index (χ2v) is 4.44. The Morgan fingerprint density at radius 1 is 1.11 bits per heavy atom. The molecule has 0 radical (unpaired) electrons. The van der Waals surface area contributed by atoms with Crippen molar-refractivity contribution in [3.63, 3.8) is 0 Å². The lowest BCUT2D eigenvalue weighted by Crippen LogP contribution is -2.34. The van der Waals surface area contributed by atoms with Crippen molar-refractivity contribution in [1.82, 2.24) is 19.7 Å². The van der Waals surface area contributed by atoms with Gasteiger partial charge in [0.15, 0.2) is 0 Å². The third-order valence-electron chi connectivity index (χ3n) is 3.33. The highest BCUT2D eigenvalue weighted by molar-refractivity contribution is 6.21. The number of aryl methyl sites for hydroxylation is 1. The van der Waals surface area contributed by atoms with Crippen molar-refractivity contribution in [2.24, 2.45) is 7.05 Å². The average Bonchev–Trinajstić information content (AvgIpc) is 2.94. The van der Waals surface area contributed by atoms with Gasteiger partial charge in [0.25, 0.3) is 11.8 Å². The topological polar surface area (TPSA) is 68.1 Å². The molecular formula is C13H12N4O2. The number of fused-ring (bicyclic) bond motifs is 1. The maximum absolute atomic E-state index is 12.3. The van der Waals surface area contributed by atoms with E-state index in [0.29, 0.717) is 17.0 Å². The molecule has 2 heterocycles. The first-order valence-electron chi connectivity index (χ1n) is 5.92. The molecule has 2 aromatic rings. The Bertz CT molecular complexity index is 642. The minimum Gasteiger partial charge on any atom is -0.269 e. The number of carbonyl (C=O) groups is 2. The summed E-state index contributed by atoms with van der Waals surface area (Å²) in [6.07, 6.45) is 1.41. The zero-order chi connectivity index (χ0) is 13.6. The van der Waals surface area contributed by atoms with Crippen LogP contribution in [0.2, 0.25) is 0 Å². The van der Waals surface area contributed by atoms with Crippen molar-refractivity contribution in [2.45, 2.75) is 13.0 Å². The average molecular weight is 256 g/mol. The van der Waals surface area contributed by atoms with Crippen molar-refractivity contribution in [1.29, 1.82) is 0 Å². The van der Waals surface area contributed by atoms with Crippen LogP contribution in [0.1, 0.15) is 39.5 Å². The third-order valence-corrected chi connectivity index (χ3v) is 3.33. The van der Waals surface area contributed by atoms with Crippen LogP contribution in [0.25, 0.3) is 0 Å². The van der Waals surface area contributed by atoms with Crippen molar-refractivity contribution in [3.05, 3.63) is 47.5 Å². The summed E-state index contributed by atoms with van der Waals surface area (Å²) >= 11 is 0. The lowest BCUT2D eigenvalue weighted by Gasteiger charge is -2.21. The van der Waals surface area contributed by atoms with Gasteiger partial charge >= 0.3 is 0 Å². The zero-order valence-corrected chi connectivity index (χ0v) is 10.6. The van der Waals surface area contributed by atoms with Gasteiger partial charge in [0.1, 0.15) is 12.2 Å². The minimum absolute atomic E-state index is 0.281. The number of imide groups is 1. The number of aromatic nitrogens is 3. The van der Waals surface area contributed by atoms with Crippen LogP contribution in [0.5, 0.6) is 0 Å². The number of carbonyl (C=O) groups excluding carboxylic acids is 2. The summed E-state index contributed by atoms with van der Waals surface area (Å²) in [5.41, 5.74) is 0.892. The van der Waals surface area contributed by atoms with E-state index in [2.05, 4.69) is 10.1 Å². The summed E-state index contributed by atoms with van der Waals surface area (Å²) in [6.45, 7) is 1.77. The van der Waals surface area contributed by atoms with E-state index in [1.165, 1.54) is 11.2 Å². The lowest BCUT2D eigenvalue weighted by atomic mass is 10.1. The highest BCUT2D eigenvalue weighted by Crippen LogP contribution is 2.29. The van der Waals surface area contributed by atoms with Crippen LogP contribution in [0.15, 0.2) is 30.6 Å². The Labute approximate surface area is 109 Å². The molecule has 0 aliphatic carbocycles. The fourth-order valence-corrected chi connectivity index (χ4v) is 2.36. The molecule has 96 valence electrons. The van der Waals surface area contributed by atoms with Gasteiger partial charge in [-0.1, -0.05) is 12.1 Å². The summed E-state index contributed by atoms with van der Waals surface area (Å²) in [5, 5.41) is 3.96. The standard InChI is InChI=1S/C13H12N4O2/c1-8(11-14-7-15-16(11)2)17-12(18)9-5-3-4-6-10(9)13(17)19/h3-8H,1-2H3/t8-/m0/s1. The summed E-state index contributed by atoms with van der Waals surface area (Å²) in [4.78, 5) is 29.9. The summed E-state index contributed by atoms with van der Waals surface area (Å²) < 4.78 is 1.56. The molecule has 19 heavy (non-hydrogen) atoms. The smallest absolute Gasteiger partial charge is 0.262 e. The molecule has 1 aliphatic heterocycles. The number of rotatable bonds is 2. The van der Waals surface area contributed by atoms with Gasteiger partial charge in [-0.2, -0.15) is 5.10 Å². The molecule has 0 N–H and O–H groups in total. The molecule has 2 amide bonds. The third kappa shape index (κ3) is 1.56. The zero-order valence-electron chi connectivity index (χ0n) is 10.6. The van der Waals surface area contributed by atoms with E-state index in [9.17, 15) is 9.59 Å². The van der Waals surface area contributed by atoms with Crippen molar-refractivity contribution < 1.29 is 9.59 Å². The summed E-state index contributed by atoms with van der Waals surface area (Å²) in [5.74, 6) is 0.0155. The van der Waals surface area contributed by atoms with Crippen LogP contribution < -0.4 is 0 Å². The second kappa shape index (κ2) is 4.01. The first kappa shape index (κ1) is 11.6. The van der Waals surface area contributed by atoms with E-state index in [0.717, 1.165) is 0 Å². The Morgan fingerprint density at radius 3 is 2.16 bits per heavy atom. The maximum atomic E-state index is 12.3. The number of amides is 2. The molecule has 0 saturated carbocycles. The normalized spacial score (nSPS) is 15.8. The van der Waals surface area contributed by atoms with E-state index in [-0.39, 0.29) is 11.8 Å². The van der Waals surface area contributed by atoms with Gasteiger partial charge in [-0.15, -0.1) is 0 Å². The van der Waals surface area contributed by atoms with Gasteiger partial charge in [-0.3, -0.25) is 19.2 Å². The van der Waals surface area contributed by atoms with Gasteiger partial charge < -0.3 is 0 Å². The Balaban J connectivity index is 2.03. The second-order valence-electron chi connectivity index (χ2n) is 4.44. The molecule has 1 aliphatic rings. The molecule has 0 bridgehead atoms. The van der Waals surface area contributed by atoms with E-state index in [4.69, 9.17) is 0 Å². The van der Waals surface area contributed by atoms with Gasteiger partial charge in [0.05, 0.1) is 17.2 Å². The largest absolute Gasteiger partial charge is 0.269 e. The molecule has 0 fully saturated rings. The maximum Gasteiger partial charge on any atom is 0.262 e. The Kier molecular flexibility index (Phi) is 2.45. The van der Waals surface area contributed by atoms with E-state index in [1.807, 2.05) is 0 Å². The fraction of sp³-hybridized carbons (Fsp3) is 0.231. The number of hydrogen-bond donors (Lipinski definition) is 0. The molecule has 0 saturated heterocycles. The van der Waals surface area contributed by atoms with E-state index >= 15 is 0 Å². The van der Waals surface area contributed by atoms with E-state index < -0.39 is 6.04 Å². The van der Waals surface area contributed by atoms with Gasteiger partial charge in [-0.25, -0.2) is 4.98 Å². The highest BCUT2D eigenvalue weighted by Gasteiger charge is 2.39.